The minimum absolute atomic E-state index is 0.0535. The number of carbonyl (C=O) groups excluding carboxylic acids is 2. The number of nitrogens with zero attached hydrogens (tertiary/aromatic N) is 1. The third-order valence-electron chi connectivity index (χ3n) is 5.18. The first-order valence-corrected chi connectivity index (χ1v) is 10.5. The van der Waals surface area contributed by atoms with E-state index in [4.69, 9.17) is 0 Å². The molecule has 1 saturated carbocycles. The van der Waals surface area contributed by atoms with Gasteiger partial charge in [-0.2, -0.15) is 0 Å². The van der Waals surface area contributed by atoms with Crippen molar-refractivity contribution in [2.24, 2.45) is 0 Å². The van der Waals surface area contributed by atoms with Gasteiger partial charge in [0.15, 0.2) is 0 Å². The maximum Gasteiger partial charge on any atom is 0.268 e. The van der Waals surface area contributed by atoms with Crippen LogP contribution < -0.4 is 10.2 Å². The second-order valence-electron chi connectivity index (χ2n) is 7.44. The monoisotopic (exact) mass is 384 g/mol. The van der Waals surface area contributed by atoms with Gasteiger partial charge in [0.25, 0.3) is 5.91 Å². The molecule has 1 aliphatic rings. The third kappa shape index (κ3) is 4.78. The summed E-state index contributed by atoms with van der Waals surface area (Å²) in [5.74, 6) is -0.185. The van der Waals surface area contributed by atoms with Crippen LogP contribution in [0.15, 0.2) is 30.3 Å². The molecule has 2 amide bonds. The zero-order chi connectivity index (χ0) is 19.4. The zero-order valence-electron chi connectivity index (χ0n) is 16.4. The van der Waals surface area contributed by atoms with Crippen LogP contribution in [0.25, 0.3) is 0 Å². The maximum atomic E-state index is 13.2. The molecule has 0 radical (unpaired) electrons. The Kier molecular flexibility index (Phi) is 6.32. The first-order chi connectivity index (χ1) is 13.0. The Hall–Kier alpha value is -2.14. The summed E-state index contributed by atoms with van der Waals surface area (Å²) in [4.78, 5) is 29.4. The van der Waals surface area contributed by atoms with Gasteiger partial charge < -0.3 is 5.32 Å². The molecule has 1 aromatic heterocycles. The predicted molar refractivity (Wildman–Crippen MR) is 112 cm³/mol. The molecule has 2 aromatic rings. The summed E-state index contributed by atoms with van der Waals surface area (Å²) in [6.45, 7) is 6.02. The molecule has 0 unspecified atom stereocenters. The van der Waals surface area contributed by atoms with Crippen molar-refractivity contribution >= 4 is 28.8 Å². The summed E-state index contributed by atoms with van der Waals surface area (Å²) in [7, 11) is 0. The molecule has 1 aromatic carbocycles. The Morgan fingerprint density at radius 3 is 2.30 bits per heavy atom. The van der Waals surface area contributed by atoms with Gasteiger partial charge >= 0.3 is 0 Å². The summed E-state index contributed by atoms with van der Waals surface area (Å²) < 4.78 is 0. The van der Waals surface area contributed by atoms with Gasteiger partial charge in [0.2, 0.25) is 5.91 Å². The van der Waals surface area contributed by atoms with Crippen LogP contribution in [0.3, 0.4) is 0 Å². The smallest absolute Gasteiger partial charge is 0.268 e. The largest absolute Gasteiger partial charge is 0.352 e. The van der Waals surface area contributed by atoms with Crippen LogP contribution >= 0.6 is 11.3 Å². The lowest BCUT2D eigenvalue weighted by Crippen LogP contribution is -2.45. The van der Waals surface area contributed by atoms with Crippen LogP contribution in [0.1, 0.15) is 57.8 Å². The van der Waals surface area contributed by atoms with Gasteiger partial charge in [0.05, 0.1) is 10.6 Å². The summed E-state index contributed by atoms with van der Waals surface area (Å²) in [6.07, 6.45) is 5.65. The maximum absolute atomic E-state index is 13.2. The van der Waals surface area contributed by atoms with E-state index in [2.05, 4.69) is 5.32 Å². The Bertz CT molecular complexity index is 801. The molecule has 1 aliphatic carbocycles. The topological polar surface area (TPSA) is 49.4 Å². The van der Waals surface area contributed by atoms with Gasteiger partial charge in [-0.3, -0.25) is 14.5 Å². The Labute approximate surface area is 165 Å². The fourth-order valence-electron chi connectivity index (χ4n) is 3.83. The number of anilines is 1. The summed E-state index contributed by atoms with van der Waals surface area (Å²) in [5, 5.41) is 3.14. The molecular formula is C22H28N2O2S. The Balaban J connectivity index is 1.85. The number of aryl methyl sites for hydroxylation is 3. The minimum Gasteiger partial charge on any atom is -0.352 e. The van der Waals surface area contributed by atoms with Crippen LogP contribution in [0.2, 0.25) is 0 Å². The molecule has 0 atom stereocenters. The van der Waals surface area contributed by atoms with Crippen molar-refractivity contribution in [3.8, 4) is 0 Å². The van der Waals surface area contributed by atoms with Crippen molar-refractivity contribution < 1.29 is 9.59 Å². The summed E-state index contributed by atoms with van der Waals surface area (Å²) in [6, 6.07) is 9.99. The molecular weight excluding hydrogens is 356 g/mol. The average molecular weight is 385 g/mol. The number of para-hydroxylation sites is 1. The second kappa shape index (κ2) is 8.70. The molecule has 0 aliphatic heterocycles. The predicted octanol–water partition coefficient (Wildman–Crippen LogP) is 4.77. The highest BCUT2D eigenvalue weighted by Gasteiger charge is 2.25. The first-order valence-electron chi connectivity index (χ1n) is 9.69. The van der Waals surface area contributed by atoms with E-state index in [-0.39, 0.29) is 24.4 Å². The van der Waals surface area contributed by atoms with Gasteiger partial charge in [0.1, 0.15) is 6.54 Å². The van der Waals surface area contributed by atoms with Crippen molar-refractivity contribution in [3.05, 3.63) is 51.2 Å². The van der Waals surface area contributed by atoms with E-state index in [9.17, 15) is 9.59 Å². The van der Waals surface area contributed by atoms with E-state index < -0.39 is 0 Å². The highest BCUT2D eigenvalue weighted by Crippen LogP contribution is 2.28. The molecule has 1 heterocycles. The number of nitrogens with one attached hydrogen (secondary N) is 1. The lowest BCUT2D eigenvalue weighted by Gasteiger charge is -2.28. The van der Waals surface area contributed by atoms with Crippen LogP contribution in [0.5, 0.6) is 0 Å². The summed E-state index contributed by atoms with van der Waals surface area (Å²) >= 11 is 1.47. The van der Waals surface area contributed by atoms with E-state index in [1.807, 2.05) is 51.1 Å². The van der Waals surface area contributed by atoms with Gasteiger partial charge in [-0.25, -0.2) is 0 Å². The van der Waals surface area contributed by atoms with Crippen molar-refractivity contribution in [1.82, 2.24) is 5.32 Å². The van der Waals surface area contributed by atoms with Gasteiger partial charge in [-0.1, -0.05) is 37.5 Å². The lowest BCUT2D eigenvalue weighted by atomic mass is 9.95. The molecule has 4 nitrogen and oxygen atoms in total. The van der Waals surface area contributed by atoms with Crippen LogP contribution in [0, 0.1) is 20.8 Å². The van der Waals surface area contributed by atoms with Crippen molar-refractivity contribution in [1.29, 1.82) is 0 Å². The Morgan fingerprint density at radius 1 is 1.04 bits per heavy atom. The van der Waals surface area contributed by atoms with Crippen molar-refractivity contribution in [2.75, 3.05) is 11.4 Å². The molecule has 0 spiro atoms. The molecule has 27 heavy (non-hydrogen) atoms. The number of hydrogen-bond donors (Lipinski definition) is 1. The van der Waals surface area contributed by atoms with E-state index >= 15 is 0 Å². The first kappa shape index (κ1) is 19.6. The summed E-state index contributed by atoms with van der Waals surface area (Å²) in [5.41, 5.74) is 2.84. The van der Waals surface area contributed by atoms with Gasteiger partial charge in [0, 0.05) is 10.9 Å². The van der Waals surface area contributed by atoms with Crippen molar-refractivity contribution in [2.45, 2.75) is 58.9 Å². The Morgan fingerprint density at radius 2 is 1.70 bits per heavy atom. The van der Waals surface area contributed by atoms with Crippen LogP contribution in [-0.4, -0.2) is 24.4 Å². The molecule has 0 saturated heterocycles. The normalized spacial score (nSPS) is 14.8. The van der Waals surface area contributed by atoms with Gasteiger partial charge in [-0.15, -0.1) is 11.3 Å². The highest BCUT2D eigenvalue weighted by molar-refractivity contribution is 7.14. The molecule has 144 valence electrons. The number of benzene rings is 1. The molecule has 1 N–H and O–H groups in total. The second-order valence-corrected chi connectivity index (χ2v) is 8.73. The van der Waals surface area contributed by atoms with E-state index in [1.54, 1.807) is 4.90 Å². The average Bonchev–Trinajstić information content (AvgIpc) is 3.07. The van der Waals surface area contributed by atoms with E-state index in [0.29, 0.717) is 4.88 Å². The third-order valence-corrected chi connectivity index (χ3v) is 6.17. The van der Waals surface area contributed by atoms with Crippen LogP contribution in [0.4, 0.5) is 5.69 Å². The van der Waals surface area contributed by atoms with E-state index in [1.165, 1.54) is 30.6 Å². The fourth-order valence-corrected chi connectivity index (χ4v) is 4.65. The van der Waals surface area contributed by atoms with Crippen LogP contribution in [-0.2, 0) is 4.79 Å². The number of carbonyl (C=O) groups is 2. The number of rotatable bonds is 5. The molecule has 0 bridgehead atoms. The van der Waals surface area contributed by atoms with Gasteiger partial charge in [-0.05, 0) is 56.9 Å². The number of thiophene rings is 1. The molecule has 3 rings (SSSR count). The standard InChI is InChI=1S/C22H28N2O2S/c1-15-8-7-9-16(2)21(15)24(22(26)19-13-12-17(3)27-19)14-20(25)23-18-10-5-4-6-11-18/h7-9,12-13,18H,4-6,10-11,14H2,1-3H3,(H,23,25). The molecule has 1 fully saturated rings. The quantitative estimate of drug-likeness (QED) is 0.807. The molecule has 5 heteroatoms. The minimum atomic E-state index is -0.107. The zero-order valence-corrected chi connectivity index (χ0v) is 17.2. The number of amides is 2. The number of hydrogen-bond acceptors (Lipinski definition) is 3. The van der Waals surface area contributed by atoms with E-state index in [0.717, 1.165) is 34.5 Å². The lowest BCUT2D eigenvalue weighted by molar-refractivity contribution is -0.120. The van der Waals surface area contributed by atoms with Crippen molar-refractivity contribution in [3.63, 3.8) is 0 Å². The highest BCUT2D eigenvalue weighted by atomic mass is 32.1. The SMILES string of the molecule is Cc1ccc(C(=O)N(CC(=O)NC2CCCCC2)c2c(C)cccc2C)s1. The fraction of sp³-hybridized carbons (Fsp3) is 0.455.